The zero-order valence-electron chi connectivity index (χ0n) is 20.7. The molecule has 0 aliphatic carbocycles. The van der Waals surface area contributed by atoms with Gasteiger partial charge in [-0.25, -0.2) is 0 Å². The highest BCUT2D eigenvalue weighted by molar-refractivity contribution is 6.05. The topological polar surface area (TPSA) is 98.7 Å². The number of para-hydroxylation sites is 4. The fraction of sp³-hybridized carbons (Fsp3) is 0.103. The molecule has 41 heavy (non-hydrogen) atoms. The molecule has 0 spiro atoms. The highest BCUT2D eigenvalue weighted by atomic mass is 19.4. The fourth-order valence-corrected chi connectivity index (χ4v) is 4.27. The maximum atomic E-state index is 14.5. The first-order valence-electron chi connectivity index (χ1n) is 11.8. The zero-order chi connectivity index (χ0) is 30.0. The van der Waals surface area contributed by atoms with Crippen LogP contribution in [0.25, 0.3) is 0 Å². The molecule has 4 aromatic carbocycles. The molecule has 4 N–H and O–H groups in total. The number of alkyl halides is 6. The summed E-state index contributed by atoms with van der Waals surface area (Å²) in [5.74, 6) is -2.32. The zero-order valence-corrected chi connectivity index (χ0v) is 20.7. The van der Waals surface area contributed by atoms with Crippen LogP contribution in [0.15, 0.2) is 97.1 Å². The molecule has 0 unspecified atom stereocenters. The van der Waals surface area contributed by atoms with Gasteiger partial charge in [0.05, 0.1) is 11.4 Å². The van der Waals surface area contributed by atoms with Crippen molar-refractivity contribution in [3.8, 4) is 11.5 Å². The second kappa shape index (κ2) is 10.9. The SMILES string of the molecule is O=C(Nc1ccccc1O)c1ccc(C(c2ccc(C(=O)Nc3ccccc3O)cc2)(C(F)(F)F)C(F)(F)F)cc1. The summed E-state index contributed by atoms with van der Waals surface area (Å²) in [5, 5.41) is 24.3. The number of carbonyl (C=O) groups is 2. The van der Waals surface area contributed by atoms with E-state index in [0.717, 1.165) is 24.3 Å². The summed E-state index contributed by atoms with van der Waals surface area (Å²) >= 11 is 0. The van der Waals surface area contributed by atoms with Gasteiger partial charge in [-0.2, -0.15) is 26.3 Å². The third-order valence-corrected chi connectivity index (χ3v) is 6.32. The molecule has 0 fully saturated rings. The van der Waals surface area contributed by atoms with Crippen LogP contribution in [0.3, 0.4) is 0 Å². The molecule has 4 rings (SSSR count). The first-order chi connectivity index (χ1) is 19.3. The van der Waals surface area contributed by atoms with Gasteiger partial charge in [0, 0.05) is 11.1 Å². The molecule has 2 amide bonds. The summed E-state index contributed by atoms with van der Waals surface area (Å²) in [4.78, 5) is 25.0. The van der Waals surface area contributed by atoms with Gasteiger partial charge >= 0.3 is 12.4 Å². The Morgan fingerprint density at radius 2 is 0.829 bits per heavy atom. The lowest BCUT2D eigenvalue weighted by Crippen LogP contribution is -2.54. The number of amides is 2. The largest absolute Gasteiger partial charge is 0.506 e. The average Bonchev–Trinajstić information content (AvgIpc) is 2.91. The lowest BCUT2D eigenvalue weighted by Gasteiger charge is -2.38. The summed E-state index contributed by atoms with van der Waals surface area (Å²) < 4.78 is 86.9. The second-order valence-corrected chi connectivity index (χ2v) is 8.84. The lowest BCUT2D eigenvalue weighted by molar-refractivity contribution is -0.288. The highest BCUT2D eigenvalue weighted by Gasteiger charge is 2.72. The van der Waals surface area contributed by atoms with Gasteiger partial charge in [0.2, 0.25) is 5.41 Å². The molecule has 0 heterocycles. The smallest absolute Gasteiger partial charge is 0.411 e. The van der Waals surface area contributed by atoms with Gasteiger partial charge in [-0.05, 0) is 59.7 Å². The lowest BCUT2D eigenvalue weighted by atomic mass is 9.72. The molecule has 0 radical (unpaired) electrons. The summed E-state index contributed by atoms with van der Waals surface area (Å²) in [5.41, 5.74) is -7.44. The van der Waals surface area contributed by atoms with Gasteiger partial charge < -0.3 is 20.8 Å². The van der Waals surface area contributed by atoms with Gasteiger partial charge in [0.15, 0.2) is 0 Å². The molecule has 0 saturated heterocycles. The summed E-state index contributed by atoms with van der Waals surface area (Å²) in [6.07, 6.45) is -11.8. The van der Waals surface area contributed by atoms with E-state index in [4.69, 9.17) is 0 Å². The minimum atomic E-state index is -5.88. The molecule has 212 valence electrons. The van der Waals surface area contributed by atoms with Gasteiger partial charge in [-0.1, -0.05) is 48.5 Å². The van der Waals surface area contributed by atoms with E-state index in [1.54, 1.807) is 0 Å². The number of phenols is 2. The molecule has 0 aliphatic rings. The molecular formula is C29H20F6N2O4. The first kappa shape index (κ1) is 29.0. The number of hydrogen-bond donors (Lipinski definition) is 4. The molecule has 0 saturated carbocycles. The highest BCUT2D eigenvalue weighted by Crippen LogP contribution is 2.56. The summed E-state index contributed by atoms with van der Waals surface area (Å²) in [6.45, 7) is 0. The van der Waals surface area contributed by atoms with Crippen molar-refractivity contribution >= 4 is 23.2 Å². The Morgan fingerprint density at radius 1 is 0.512 bits per heavy atom. The third-order valence-electron chi connectivity index (χ3n) is 6.32. The minimum absolute atomic E-state index is 0.00638. The van der Waals surface area contributed by atoms with Crippen LogP contribution in [0.2, 0.25) is 0 Å². The average molecular weight is 574 g/mol. The van der Waals surface area contributed by atoms with Crippen LogP contribution in [0.1, 0.15) is 31.8 Å². The van der Waals surface area contributed by atoms with Crippen molar-refractivity contribution in [3.05, 3.63) is 119 Å². The van der Waals surface area contributed by atoms with Crippen LogP contribution in [0, 0.1) is 0 Å². The Morgan fingerprint density at radius 3 is 1.12 bits per heavy atom. The molecular weight excluding hydrogens is 554 g/mol. The maximum absolute atomic E-state index is 14.5. The van der Waals surface area contributed by atoms with E-state index in [1.807, 2.05) is 0 Å². The number of rotatable bonds is 6. The van der Waals surface area contributed by atoms with E-state index in [9.17, 15) is 46.1 Å². The van der Waals surface area contributed by atoms with Crippen LogP contribution < -0.4 is 10.6 Å². The van der Waals surface area contributed by atoms with E-state index in [0.29, 0.717) is 24.3 Å². The number of aromatic hydroxyl groups is 2. The number of benzene rings is 4. The van der Waals surface area contributed by atoms with Gasteiger partial charge in [-0.3, -0.25) is 9.59 Å². The first-order valence-corrected chi connectivity index (χ1v) is 11.8. The van der Waals surface area contributed by atoms with Crippen molar-refractivity contribution in [1.29, 1.82) is 0 Å². The molecule has 4 aromatic rings. The number of hydrogen-bond acceptors (Lipinski definition) is 4. The predicted molar refractivity (Wildman–Crippen MR) is 138 cm³/mol. The predicted octanol–water partition coefficient (Wildman–Crippen LogP) is 7.01. The molecule has 0 aromatic heterocycles. The van der Waals surface area contributed by atoms with E-state index in [1.165, 1.54) is 48.5 Å². The van der Waals surface area contributed by atoms with Crippen molar-refractivity contribution in [2.24, 2.45) is 0 Å². The van der Waals surface area contributed by atoms with E-state index in [2.05, 4.69) is 10.6 Å². The quantitative estimate of drug-likeness (QED) is 0.147. The second-order valence-electron chi connectivity index (χ2n) is 8.84. The Balaban J connectivity index is 1.70. The van der Waals surface area contributed by atoms with Crippen molar-refractivity contribution in [2.45, 2.75) is 17.8 Å². The van der Waals surface area contributed by atoms with Crippen molar-refractivity contribution in [3.63, 3.8) is 0 Å². The Hall–Kier alpha value is -5.00. The third kappa shape index (κ3) is 5.53. The van der Waals surface area contributed by atoms with Crippen molar-refractivity contribution < 1.29 is 46.1 Å². The standard InChI is InChI=1S/C29H20F6N2O4/c30-28(31,32)27(29(33,34)35,19-13-9-17(10-14-19)25(40)36-21-5-1-3-7-23(21)38)20-15-11-18(12-16-20)26(41)37-22-6-2-4-8-24(22)39/h1-16,38-39H,(H,36,40)(H,37,41). The number of halogens is 6. The van der Waals surface area contributed by atoms with Gasteiger partial charge in [-0.15, -0.1) is 0 Å². The Kier molecular flexibility index (Phi) is 7.69. The van der Waals surface area contributed by atoms with Crippen LogP contribution in [-0.4, -0.2) is 34.4 Å². The number of phenolic OH excluding ortho intramolecular Hbond substituents is 2. The fourth-order valence-electron chi connectivity index (χ4n) is 4.27. The molecule has 0 atom stereocenters. The Labute approximate surface area is 228 Å². The Bertz CT molecular complexity index is 1450. The van der Waals surface area contributed by atoms with Crippen LogP contribution in [0.5, 0.6) is 11.5 Å². The summed E-state index contributed by atoms with van der Waals surface area (Å²) in [7, 11) is 0. The summed E-state index contributed by atoms with van der Waals surface area (Å²) in [6, 6.07) is 16.7. The van der Waals surface area contributed by atoms with Crippen LogP contribution >= 0.6 is 0 Å². The van der Waals surface area contributed by atoms with Crippen LogP contribution in [0.4, 0.5) is 37.7 Å². The number of anilines is 2. The van der Waals surface area contributed by atoms with E-state index in [-0.39, 0.29) is 34.0 Å². The van der Waals surface area contributed by atoms with Crippen molar-refractivity contribution in [1.82, 2.24) is 0 Å². The van der Waals surface area contributed by atoms with Gasteiger partial charge in [0.25, 0.3) is 11.8 Å². The molecule has 0 aliphatic heterocycles. The molecule has 6 nitrogen and oxygen atoms in total. The number of nitrogens with one attached hydrogen (secondary N) is 2. The number of carbonyl (C=O) groups excluding carboxylic acids is 2. The molecule has 0 bridgehead atoms. The maximum Gasteiger partial charge on any atom is 0.411 e. The minimum Gasteiger partial charge on any atom is -0.506 e. The van der Waals surface area contributed by atoms with Crippen LogP contribution in [-0.2, 0) is 5.41 Å². The normalized spacial score (nSPS) is 12.0. The van der Waals surface area contributed by atoms with Gasteiger partial charge in [0.1, 0.15) is 11.5 Å². The van der Waals surface area contributed by atoms with E-state index >= 15 is 0 Å². The molecule has 12 heteroatoms. The monoisotopic (exact) mass is 574 g/mol. The van der Waals surface area contributed by atoms with E-state index < -0.39 is 40.7 Å². The van der Waals surface area contributed by atoms with Crippen molar-refractivity contribution in [2.75, 3.05) is 10.6 Å².